The van der Waals surface area contributed by atoms with Gasteiger partial charge in [0.1, 0.15) is 19.6 Å². The van der Waals surface area contributed by atoms with Gasteiger partial charge < -0.3 is 0 Å². The molecule has 0 spiro atoms. The number of sulfone groups is 1. The molecule has 0 radical (unpaired) electrons. The Hall–Kier alpha value is -0.713. The van der Waals surface area contributed by atoms with Gasteiger partial charge in [-0.05, 0) is 6.92 Å². The molecule has 0 aromatic rings. The van der Waals surface area contributed by atoms with Crippen molar-refractivity contribution in [2.75, 3.05) is 11.5 Å². The first kappa shape index (κ1) is 13.3. The van der Waals surface area contributed by atoms with Crippen molar-refractivity contribution in [1.82, 2.24) is 0 Å². The second kappa shape index (κ2) is 5.24. The molecule has 0 fully saturated rings. The van der Waals surface area contributed by atoms with Gasteiger partial charge in [-0.25, -0.2) is 8.42 Å². The topological polar surface area (TPSA) is 34.1 Å². The molecule has 0 bridgehead atoms. The Bertz CT molecular complexity index is 393. The van der Waals surface area contributed by atoms with Gasteiger partial charge in [-0.3, -0.25) is 0 Å². The molecule has 0 aromatic heterocycles. The zero-order chi connectivity index (χ0) is 11.2. The van der Waals surface area contributed by atoms with Crippen LogP contribution in [0.25, 0.3) is 0 Å². The van der Waals surface area contributed by atoms with Crippen LogP contribution >= 0.6 is 0 Å². The van der Waals surface area contributed by atoms with Gasteiger partial charge in [0, 0.05) is 0 Å². The summed E-state index contributed by atoms with van der Waals surface area (Å²) in [5.74, 6) is 7.69. The van der Waals surface area contributed by atoms with Gasteiger partial charge in [0.25, 0.3) is 0 Å². The van der Waals surface area contributed by atoms with E-state index in [1.807, 2.05) is 0 Å². The van der Waals surface area contributed by atoms with E-state index in [1.165, 1.54) is 0 Å². The van der Waals surface area contributed by atoms with Crippen molar-refractivity contribution in [2.45, 2.75) is 26.6 Å². The molecule has 0 unspecified atom stereocenters. The van der Waals surface area contributed by atoms with E-state index in [2.05, 4.69) is 42.9 Å². The molecule has 0 heterocycles. The summed E-state index contributed by atoms with van der Waals surface area (Å²) in [5, 5.41) is 0. The minimum atomic E-state index is -3.09. The lowest BCUT2D eigenvalue weighted by atomic mass is 10.7. The molecule has 78 valence electrons. The van der Waals surface area contributed by atoms with E-state index in [9.17, 15) is 8.42 Å². The quantitative estimate of drug-likeness (QED) is 0.527. The molecule has 0 N–H and O–H groups in total. The summed E-state index contributed by atoms with van der Waals surface area (Å²) in [6.45, 7) is 7.87. The van der Waals surface area contributed by atoms with Crippen LogP contribution in [0.2, 0.25) is 19.6 Å². The van der Waals surface area contributed by atoms with Gasteiger partial charge in [-0.2, -0.15) is 0 Å². The Morgan fingerprint density at radius 2 is 1.57 bits per heavy atom. The van der Waals surface area contributed by atoms with Gasteiger partial charge in [0.2, 0.25) is 0 Å². The molecule has 0 saturated carbocycles. The molecule has 0 aliphatic carbocycles. The minimum absolute atomic E-state index is 0.0635. The lowest BCUT2D eigenvalue weighted by molar-refractivity contribution is 0.603. The normalized spacial score (nSPS) is 10.9. The Morgan fingerprint density at radius 1 is 1.07 bits per heavy atom. The highest BCUT2D eigenvalue weighted by Gasteiger charge is 2.09. The van der Waals surface area contributed by atoms with Gasteiger partial charge in [-0.1, -0.05) is 31.5 Å². The molecule has 0 aliphatic rings. The molecule has 4 heteroatoms. The van der Waals surface area contributed by atoms with Crippen LogP contribution in [0.4, 0.5) is 0 Å². The third-order valence-corrected chi connectivity index (χ3v) is 3.32. The van der Waals surface area contributed by atoms with Crippen LogP contribution in [0.5, 0.6) is 0 Å². The maximum Gasteiger partial charge on any atom is 0.172 e. The van der Waals surface area contributed by atoms with Crippen molar-refractivity contribution in [3.05, 3.63) is 0 Å². The molecular weight excluding hydrogens is 212 g/mol. The molecule has 0 aromatic carbocycles. The Kier molecular flexibility index (Phi) is 4.97. The minimum Gasteiger partial charge on any atom is -0.227 e. The third-order valence-electron chi connectivity index (χ3n) is 1.22. The summed E-state index contributed by atoms with van der Waals surface area (Å²) < 4.78 is 22.6. The standard InChI is InChI=1S/C10H16O2SSi/c1-5-6-8-13(11,12)9-7-10-14(2,3)4/h8-9H2,1-4H3. The molecule has 2 nitrogen and oxygen atoms in total. The fraction of sp³-hybridized carbons (Fsp3) is 0.600. The number of hydrogen-bond donors (Lipinski definition) is 0. The Balaban J connectivity index is 4.36. The summed E-state index contributed by atoms with van der Waals surface area (Å²) in [6, 6.07) is 0. The smallest absolute Gasteiger partial charge is 0.172 e. The molecular formula is C10H16O2SSi. The van der Waals surface area contributed by atoms with Crippen molar-refractivity contribution in [2.24, 2.45) is 0 Å². The molecule has 0 saturated heterocycles. The highest BCUT2D eigenvalue weighted by Crippen LogP contribution is 1.96. The van der Waals surface area contributed by atoms with Gasteiger partial charge in [0.15, 0.2) is 9.84 Å². The molecule has 0 atom stereocenters. The second-order valence-corrected chi connectivity index (χ2v) is 10.8. The summed E-state index contributed by atoms with van der Waals surface area (Å²) in [7, 11) is -4.54. The Morgan fingerprint density at radius 3 is 2.00 bits per heavy atom. The van der Waals surface area contributed by atoms with E-state index in [0.29, 0.717) is 0 Å². The highest BCUT2D eigenvalue weighted by molar-refractivity contribution is 7.91. The first-order valence-electron chi connectivity index (χ1n) is 4.37. The largest absolute Gasteiger partial charge is 0.227 e. The van der Waals surface area contributed by atoms with Crippen molar-refractivity contribution >= 4 is 17.9 Å². The first-order chi connectivity index (χ1) is 6.27. The van der Waals surface area contributed by atoms with E-state index in [0.717, 1.165) is 0 Å². The van der Waals surface area contributed by atoms with Crippen molar-refractivity contribution < 1.29 is 8.42 Å². The van der Waals surface area contributed by atoms with Crippen LogP contribution in [0, 0.1) is 23.3 Å². The van der Waals surface area contributed by atoms with Gasteiger partial charge in [-0.15, -0.1) is 11.5 Å². The van der Waals surface area contributed by atoms with E-state index in [4.69, 9.17) is 0 Å². The fourth-order valence-corrected chi connectivity index (χ4v) is 2.15. The fourth-order valence-electron chi connectivity index (χ4n) is 0.644. The second-order valence-electron chi connectivity index (χ2n) is 4.01. The van der Waals surface area contributed by atoms with E-state index in [-0.39, 0.29) is 11.5 Å². The molecule has 0 amide bonds. The van der Waals surface area contributed by atoms with Gasteiger partial charge >= 0.3 is 0 Å². The average molecular weight is 228 g/mol. The van der Waals surface area contributed by atoms with Crippen LogP contribution in [-0.2, 0) is 9.84 Å². The maximum absolute atomic E-state index is 11.3. The maximum atomic E-state index is 11.3. The summed E-state index contributed by atoms with van der Waals surface area (Å²) >= 11 is 0. The van der Waals surface area contributed by atoms with E-state index < -0.39 is 17.9 Å². The SMILES string of the molecule is CC#CCS(=O)(=O)CC#C[Si](C)(C)C. The Labute approximate surface area is 88.0 Å². The molecule has 0 rings (SSSR count). The highest BCUT2D eigenvalue weighted by atomic mass is 32.2. The van der Waals surface area contributed by atoms with Crippen LogP contribution in [0.3, 0.4) is 0 Å². The van der Waals surface area contributed by atoms with E-state index in [1.54, 1.807) is 6.92 Å². The first-order valence-corrected chi connectivity index (χ1v) is 9.69. The van der Waals surface area contributed by atoms with Crippen LogP contribution in [0.1, 0.15) is 6.92 Å². The predicted molar refractivity (Wildman–Crippen MR) is 63.2 cm³/mol. The summed E-state index contributed by atoms with van der Waals surface area (Å²) in [5.41, 5.74) is 3.02. The monoisotopic (exact) mass is 228 g/mol. The van der Waals surface area contributed by atoms with Crippen LogP contribution in [0.15, 0.2) is 0 Å². The summed E-state index contributed by atoms with van der Waals surface area (Å²) in [6.07, 6.45) is 0. The third kappa shape index (κ3) is 7.91. The van der Waals surface area contributed by atoms with Gasteiger partial charge in [0.05, 0.1) is 0 Å². The predicted octanol–water partition coefficient (Wildman–Crippen LogP) is 1.31. The van der Waals surface area contributed by atoms with Crippen molar-refractivity contribution in [3.63, 3.8) is 0 Å². The number of rotatable bonds is 2. The van der Waals surface area contributed by atoms with Crippen LogP contribution < -0.4 is 0 Å². The average Bonchev–Trinajstić information content (AvgIpc) is 1.98. The zero-order valence-corrected chi connectivity index (χ0v) is 11.0. The molecule has 0 aliphatic heterocycles. The van der Waals surface area contributed by atoms with Crippen molar-refractivity contribution in [3.8, 4) is 23.3 Å². The van der Waals surface area contributed by atoms with Crippen molar-refractivity contribution in [1.29, 1.82) is 0 Å². The lowest BCUT2D eigenvalue weighted by Crippen LogP contribution is -2.17. The molecule has 14 heavy (non-hydrogen) atoms. The zero-order valence-electron chi connectivity index (χ0n) is 9.14. The van der Waals surface area contributed by atoms with Crippen LogP contribution in [-0.4, -0.2) is 28.0 Å². The number of hydrogen-bond acceptors (Lipinski definition) is 2. The van der Waals surface area contributed by atoms with E-state index >= 15 is 0 Å². The lowest BCUT2D eigenvalue weighted by Gasteiger charge is -2.03. The summed E-state index contributed by atoms with van der Waals surface area (Å²) in [4.78, 5) is 0.